The second-order valence-electron chi connectivity index (χ2n) is 7.33. The Morgan fingerprint density at radius 3 is 2.94 bits per heavy atom. The fraction of sp³-hybridized carbons (Fsp3) is 0.174. The lowest BCUT2D eigenvalue weighted by Gasteiger charge is -2.25. The van der Waals surface area contributed by atoms with Crippen LogP contribution in [0.2, 0.25) is 0 Å². The highest BCUT2D eigenvalue weighted by atomic mass is 32.1. The van der Waals surface area contributed by atoms with Crippen molar-refractivity contribution >= 4 is 17.2 Å². The van der Waals surface area contributed by atoms with Gasteiger partial charge in [-0.1, -0.05) is 30.3 Å². The molecule has 1 atom stereocenters. The lowest BCUT2D eigenvalue weighted by atomic mass is 9.97. The van der Waals surface area contributed by atoms with E-state index < -0.39 is 0 Å². The second kappa shape index (κ2) is 8.31. The summed E-state index contributed by atoms with van der Waals surface area (Å²) in [5.41, 5.74) is 1.65. The Kier molecular flexibility index (Phi) is 5.21. The zero-order chi connectivity index (χ0) is 21.2. The molecule has 1 unspecified atom stereocenters. The predicted molar refractivity (Wildman–Crippen MR) is 116 cm³/mol. The van der Waals surface area contributed by atoms with Crippen molar-refractivity contribution in [1.82, 2.24) is 20.1 Å². The van der Waals surface area contributed by atoms with Gasteiger partial charge in [0.05, 0.1) is 17.2 Å². The smallest absolute Gasteiger partial charge is 0.291 e. The maximum atomic E-state index is 13.8. The van der Waals surface area contributed by atoms with Gasteiger partial charge in [-0.3, -0.25) is 4.79 Å². The van der Waals surface area contributed by atoms with Crippen LogP contribution in [0.1, 0.15) is 16.2 Å². The molecular weight excluding hydrogens is 415 g/mol. The minimum Gasteiger partial charge on any atom is -0.493 e. The van der Waals surface area contributed by atoms with Gasteiger partial charge in [0.1, 0.15) is 11.6 Å². The van der Waals surface area contributed by atoms with Gasteiger partial charge in [-0.05, 0) is 47.7 Å². The van der Waals surface area contributed by atoms with Crippen LogP contribution in [0.5, 0.6) is 5.75 Å². The number of carbonyl (C=O) groups is 1. The van der Waals surface area contributed by atoms with Gasteiger partial charge in [0.25, 0.3) is 5.91 Å². The van der Waals surface area contributed by atoms with Gasteiger partial charge in [-0.15, -0.1) is 16.4 Å². The molecule has 156 valence electrons. The Bertz CT molecular complexity index is 1220. The molecule has 0 saturated heterocycles. The minimum atomic E-state index is -0.381. The number of hydrogen-bond donors (Lipinski definition) is 1. The molecule has 2 aromatic heterocycles. The van der Waals surface area contributed by atoms with Crippen LogP contribution in [0.25, 0.3) is 16.4 Å². The van der Waals surface area contributed by atoms with Crippen molar-refractivity contribution in [2.24, 2.45) is 5.92 Å². The Morgan fingerprint density at radius 2 is 2.10 bits per heavy atom. The first kappa shape index (κ1) is 19.4. The molecule has 31 heavy (non-hydrogen) atoms. The largest absolute Gasteiger partial charge is 0.493 e. The van der Waals surface area contributed by atoms with Crippen LogP contribution < -0.4 is 10.1 Å². The number of benzene rings is 2. The van der Waals surface area contributed by atoms with Crippen molar-refractivity contribution in [3.8, 4) is 22.1 Å². The first-order chi connectivity index (χ1) is 15.2. The summed E-state index contributed by atoms with van der Waals surface area (Å²) in [6.07, 6.45) is 0.835. The number of ether oxygens (including phenoxy) is 1. The Balaban J connectivity index is 1.35. The lowest BCUT2D eigenvalue weighted by Crippen LogP contribution is -2.35. The molecule has 4 aromatic rings. The number of thiophene rings is 1. The molecule has 0 radical (unpaired) electrons. The fourth-order valence-electron chi connectivity index (χ4n) is 3.60. The average Bonchev–Trinajstić information content (AvgIpc) is 3.47. The van der Waals surface area contributed by atoms with Gasteiger partial charge in [0, 0.05) is 12.5 Å². The summed E-state index contributed by atoms with van der Waals surface area (Å²) in [7, 11) is 0. The van der Waals surface area contributed by atoms with Crippen LogP contribution >= 0.6 is 11.3 Å². The summed E-state index contributed by atoms with van der Waals surface area (Å²) >= 11 is 1.48. The molecule has 0 aliphatic carbocycles. The van der Waals surface area contributed by atoms with Crippen molar-refractivity contribution in [3.05, 3.63) is 83.2 Å². The number of carbonyl (C=O) groups excluding carboxylic acids is 1. The lowest BCUT2D eigenvalue weighted by molar-refractivity contribution is 0.0928. The average molecular weight is 434 g/mol. The molecule has 5 rings (SSSR count). The Hall–Kier alpha value is -3.52. The van der Waals surface area contributed by atoms with Gasteiger partial charge in [-0.2, -0.15) is 0 Å². The van der Waals surface area contributed by atoms with Crippen LogP contribution in [0.4, 0.5) is 4.39 Å². The third-order valence-electron chi connectivity index (χ3n) is 5.11. The van der Waals surface area contributed by atoms with E-state index >= 15 is 0 Å². The van der Waals surface area contributed by atoms with Crippen molar-refractivity contribution in [1.29, 1.82) is 0 Å². The highest BCUT2D eigenvalue weighted by molar-refractivity contribution is 7.13. The summed E-state index contributed by atoms with van der Waals surface area (Å²) in [5.74, 6) is 0.869. The Morgan fingerprint density at radius 1 is 1.19 bits per heavy atom. The second-order valence-corrected chi connectivity index (χ2v) is 8.27. The molecular formula is C23H19FN4O2S. The predicted octanol–water partition coefficient (Wildman–Crippen LogP) is 4.12. The zero-order valence-corrected chi connectivity index (χ0v) is 17.3. The molecule has 1 aliphatic heterocycles. The Labute approximate surface area is 182 Å². The maximum Gasteiger partial charge on any atom is 0.291 e. The van der Waals surface area contributed by atoms with Crippen molar-refractivity contribution in [2.75, 3.05) is 13.2 Å². The molecule has 0 spiro atoms. The van der Waals surface area contributed by atoms with Crippen molar-refractivity contribution in [2.45, 2.75) is 6.42 Å². The number of aromatic nitrogens is 3. The van der Waals surface area contributed by atoms with E-state index in [0.29, 0.717) is 24.7 Å². The zero-order valence-electron chi connectivity index (χ0n) is 16.5. The summed E-state index contributed by atoms with van der Waals surface area (Å²) in [6.45, 7) is 0.999. The van der Waals surface area contributed by atoms with Gasteiger partial charge in [0.2, 0.25) is 5.82 Å². The topological polar surface area (TPSA) is 69.0 Å². The van der Waals surface area contributed by atoms with Crippen molar-refractivity contribution < 1.29 is 13.9 Å². The summed E-state index contributed by atoms with van der Waals surface area (Å²) in [5, 5.41) is 9.22. The van der Waals surface area contributed by atoms with E-state index in [2.05, 4.69) is 15.4 Å². The fourth-order valence-corrected chi connectivity index (χ4v) is 4.30. The number of fused-ring (bicyclic) bond motifs is 1. The van der Waals surface area contributed by atoms with E-state index in [9.17, 15) is 9.18 Å². The number of rotatable bonds is 5. The quantitative estimate of drug-likeness (QED) is 0.513. The molecule has 0 fully saturated rings. The number of hydrogen-bond acceptors (Lipinski definition) is 5. The number of amides is 1. The van der Waals surface area contributed by atoms with Crippen LogP contribution in [-0.2, 0) is 6.42 Å². The normalized spacial score (nSPS) is 15.2. The van der Waals surface area contributed by atoms with Crippen LogP contribution in [-0.4, -0.2) is 33.8 Å². The third kappa shape index (κ3) is 4.06. The highest BCUT2D eigenvalue weighted by Gasteiger charge is 2.23. The molecule has 0 saturated carbocycles. The van der Waals surface area contributed by atoms with Crippen LogP contribution in [0, 0.1) is 11.7 Å². The third-order valence-corrected chi connectivity index (χ3v) is 5.98. The SMILES string of the molecule is O=C(NCC1COc2ccccc2C1)c1nc(-c2cccs2)n(-c2cccc(F)c2)n1. The van der Waals surface area contributed by atoms with Gasteiger partial charge in [-0.25, -0.2) is 14.1 Å². The summed E-state index contributed by atoms with van der Waals surface area (Å²) in [6, 6.07) is 17.8. The van der Waals surface area contributed by atoms with E-state index in [0.717, 1.165) is 22.6 Å². The number of nitrogens with zero attached hydrogens (tertiary/aromatic N) is 3. The molecule has 8 heteroatoms. The van der Waals surface area contributed by atoms with Gasteiger partial charge < -0.3 is 10.1 Å². The molecule has 2 aromatic carbocycles. The molecule has 0 bridgehead atoms. The molecule has 6 nitrogen and oxygen atoms in total. The number of nitrogens with one attached hydrogen (secondary N) is 1. The van der Waals surface area contributed by atoms with E-state index in [4.69, 9.17) is 4.74 Å². The first-order valence-corrected chi connectivity index (χ1v) is 10.8. The van der Waals surface area contributed by atoms with Crippen LogP contribution in [0.3, 0.4) is 0 Å². The standard InChI is InChI=1S/C23H19FN4O2S/c24-17-6-3-7-18(12-17)28-22(20-9-4-10-31-20)26-21(27-28)23(29)25-13-15-11-16-5-1-2-8-19(16)30-14-15/h1-10,12,15H,11,13-14H2,(H,25,29). The van der Waals surface area contributed by atoms with E-state index in [1.807, 2.05) is 41.8 Å². The van der Waals surface area contributed by atoms with E-state index in [-0.39, 0.29) is 23.5 Å². The van der Waals surface area contributed by atoms with E-state index in [1.54, 1.807) is 12.1 Å². The first-order valence-electron chi connectivity index (χ1n) is 9.93. The molecule has 1 N–H and O–H groups in total. The summed E-state index contributed by atoms with van der Waals surface area (Å²) < 4.78 is 21.1. The summed E-state index contributed by atoms with van der Waals surface area (Å²) in [4.78, 5) is 18.1. The van der Waals surface area contributed by atoms with Crippen LogP contribution in [0.15, 0.2) is 66.0 Å². The maximum absolute atomic E-state index is 13.8. The molecule has 3 heterocycles. The minimum absolute atomic E-state index is 0.0461. The van der Waals surface area contributed by atoms with E-state index in [1.165, 1.54) is 28.2 Å². The van der Waals surface area contributed by atoms with Gasteiger partial charge >= 0.3 is 0 Å². The number of para-hydroxylation sites is 1. The molecule has 1 aliphatic rings. The van der Waals surface area contributed by atoms with Crippen molar-refractivity contribution in [3.63, 3.8) is 0 Å². The monoisotopic (exact) mass is 434 g/mol. The van der Waals surface area contributed by atoms with Gasteiger partial charge in [0.15, 0.2) is 5.82 Å². The number of halogens is 1. The highest BCUT2D eigenvalue weighted by Crippen LogP contribution is 2.27. The molecule has 1 amide bonds.